The summed E-state index contributed by atoms with van der Waals surface area (Å²) in [5, 5.41) is 4.05. The van der Waals surface area contributed by atoms with E-state index in [2.05, 4.69) is 139 Å². The molecule has 0 bridgehead atoms. The van der Waals surface area contributed by atoms with Gasteiger partial charge in [0.25, 0.3) is 0 Å². The van der Waals surface area contributed by atoms with Gasteiger partial charge in [-0.1, -0.05) is 127 Å². The second-order valence-corrected chi connectivity index (χ2v) is 8.95. The number of benzene rings is 5. The third-order valence-electron chi connectivity index (χ3n) is 6.75. The third kappa shape index (κ3) is 3.94. The van der Waals surface area contributed by atoms with Crippen LogP contribution in [0.2, 0.25) is 0 Å². The number of para-hydroxylation sites is 2. The highest BCUT2D eigenvalue weighted by atomic mass is 15.0. The predicted octanol–water partition coefficient (Wildman–Crippen LogP) is 7.77. The lowest BCUT2D eigenvalue weighted by atomic mass is 9.76. The first-order chi connectivity index (χ1) is 17.3. The molecule has 1 unspecified atom stereocenters. The van der Waals surface area contributed by atoms with Crippen molar-refractivity contribution in [2.75, 3.05) is 5.32 Å². The summed E-state index contributed by atoms with van der Waals surface area (Å²) in [6.07, 6.45) is 0.791. The molecule has 0 saturated carbocycles. The van der Waals surface area contributed by atoms with E-state index in [1.807, 2.05) is 6.07 Å². The van der Waals surface area contributed by atoms with E-state index >= 15 is 0 Å². The van der Waals surface area contributed by atoms with Crippen molar-refractivity contribution in [3.63, 3.8) is 0 Å². The minimum atomic E-state index is -0.499. The SMILES string of the molecule is c1ccc(CC2(c3ccccc3)Nc3ccccc3C(c3ccccc3)=Nc3ccccc32)cc1. The van der Waals surface area contributed by atoms with Gasteiger partial charge in [-0.05, 0) is 23.3 Å². The predicted molar refractivity (Wildman–Crippen MR) is 146 cm³/mol. The molecule has 1 N–H and O–H groups in total. The molecule has 0 fully saturated rings. The van der Waals surface area contributed by atoms with Crippen LogP contribution in [-0.2, 0) is 12.0 Å². The van der Waals surface area contributed by atoms with Gasteiger partial charge in [0.1, 0.15) is 0 Å². The molecule has 0 spiro atoms. The second kappa shape index (κ2) is 9.08. The molecule has 0 saturated heterocycles. The van der Waals surface area contributed by atoms with Gasteiger partial charge in [-0.15, -0.1) is 0 Å². The number of fused-ring (bicyclic) bond motifs is 2. The Morgan fingerprint density at radius 2 is 1.17 bits per heavy atom. The average molecular weight is 451 g/mol. The van der Waals surface area contributed by atoms with Gasteiger partial charge in [0.05, 0.1) is 16.9 Å². The minimum absolute atomic E-state index is 0.499. The van der Waals surface area contributed by atoms with Gasteiger partial charge in [0.2, 0.25) is 0 Å². The Balaban J connectivity index is 1.68. The Morgan fingerprint density at radius 1 is 0.571 bits per heavy atom. The molecule has 168 valence electrons. The number of aliphatic imine (C=N–C) groups is 1. The normalized spacial score (nSPS) is 16.6. The molecule has 0 aromatic heterocycles. The second-order valence-electron chi connectivity index (χ2n) is 8.95. The van der Waals surface area contributed by atoms with Crippen molar-refractivity contribution in [1.82, 2.24) is 0 Å². The lowest BCUT2D eigenvalue weighted by Crippen LogP contribution is -2.40. The summed E-state index contributed by atoms with van der Waals surface area (Å²) in [6.45, 7) is 0. The van der Waals surface area contributed by atoms with Crippen LogP contribution in [0.25, 0.3) is 0 Å². The summed E-state index contributed by atoms with van der Waals surface area (Å²) in [5.41, 5.74) is 8.38. The van der Waals surface area contributed by atoms with E-state index in [1.54, 1.807) is 0 Å². The number of hydrogen-bond acceptors (Lipinski definition) is 2. The molecule has 0 radical (unpaired) electrons. The van der Waals surface area contributed by atoms with Crippen molar-refractivity contribution in [1.29, 1.82) is 0 Å². The maximum absolute atomic E-state index is 5.35. The molecule has 1 atom stereocenters. The fraction of sp³-hybridized carbons (Fsp3) is 0.0606. The zero-order valence-electron chi connectivity index (χ0n) is 19.4. The first-order valence-corrected chi connectivity index (χ1v) is 12.0. The Kier molecular flexibility index (Phi) is 5.48. The van der Waals surface area contributed by atoms with Gasteiger partial charge >= 0.3 is 0 Å². The highest BCUT2D eigenvalue weighted by Crippen LogP contribution is 2.44. The highest BCUT2D eigenvalue weighted by Gasteiger charge is 2.38. The Bertz CT molecular complexity index is 1470. The number of anilines is 1. The van der Waals surface area contributed by atoms with Crippen molar-refractivity contribution < 1.29 is 0 Å². The molecule has 1 aliphatic heterocycles. The Labute approximate surface area is 206 Å². The molecule has 1 heterocycles. The van der Waals surface area contributed by atoms with E-state index in [1.165, 1.54) is 11.1 Å². The van der Waals surface area contributed by atoms with Gasteiger partial charge in [-0.25, -0.2) is 4.99 Å². The van der Waals surface area contributed by atoms with Crippen LogP contribution in [0.4, 0.5) is 11.4 Å². The van der Waals surface area contributed by atoms with E-state index in [0.29, 0.717) is 0 Å². The molecule has 5 aromatic rings. The number of hydrogen-bond donors (Lipinski definition) is 1. The van der Waals surface area contributed by atoms with E-state index in [4.69, 9.17) is 4.99 Å². The van der Waals surface area contributed by atoms with E-state index in [9.17, 15) is 0 Å². The van der Waals surface area contributed by atoms with Crippen molar-refractivity contribution >= 4 is 17.1 Å². The molecular weight excluding hydrogens is 424 g/mol. The van der Waals surface area contributed by atoms with Crippen LogP contribution in [0.1, 0.15) is 27.8 Å². The molecule has 2 heteroatoms. The maximum Gasteiger partial charge on any atom is 0.0941 e. The summed E-state index contributed by atoms with van der Waals surface area (Å²) < 4.78 is 0. The lowest BCUT2D eigenvalue weighted by molar-refractivity contribution is 0.585. The fourth-order valence-electron chi connectivity index (χ4n) is 5.12. The number of nitrogens with one attached hydrogen (secondary N) is 1. The Hall–Kier alpha value is -4.43. The van der Waals surface area contributed by atoms with Crippen molar-refractivity contribution in [2.45, 2.75) is 12.0 Å². The molecular formula is C33H26N2. The zero-order chi connectivity index (χ0) is 23.5. The van der Waals surface area contributed by atoms with Crippen LogP contribution < -0.4 is 5.32 Å². The highest BCUT2D eigenvalue weighted by molar-refractivity contribution is 6.17. The van der Waals surface area contributed by atoms with Crippen molar-refractivity contribution in [3.8, 4) is 0 Å². The quantitative estimate of drug-likeness (QED) is 0.297. The fourth-order valence-corrected chi connectivity index (χ4v) is 5.12. The molecule has 1 aliphatic rings. The van der Waals surface area contributed by atoms with Crippen LogP contribution in [0, 0.1) is 0 Å². The van der Waals surface area contributed by atoms with Crippen LogP contribution in [0.15, 0.2) is 145 Å². The van der Waals surface area contributed by atoms with Crippen LogP contribution in [0.3, 0.4) is 0 Å². The van der Waals surface area contributed by atoms with E-state index in [-0.39, 0.29) is 0 Å². The summed E-state index contributed by atoms with van der Waals surface area (Å²) >= 11 is 0. The smallest absolute Gasteiger partial charge is 0.0941 e. The average Bonchev–Trinajstić information content (AvgIpc) is 2.93. The van der Waals surface area contributed by atoms with Gasteiger partial charge < -0.3 is 5.32 Å². The largest absolute Gasteiger partial charge is 0.371 e. The third-order valence-corrected chi connectivity index (χ3v) is 6.75. The van der Waals surface area contributed by atoms with Gasteiger partial charge in [-0.3, -0.25) is 0 Å². The Morgan fingerprint density at radius 3 is 1.94 bits per heavy atom. The van der Waals surface area contributed by atoms with E-state index in [0.717, 1.165) is 40.2 Å². The van der Waals surface area contributed by atoms with Gasteiger partial charge in [0.15, 0.2) is 0 Å². The minimum Gasteiger partial charge on any atom is -0.371 e. The summed E-state index contributed by atoms with van der Waals surface area (Å²) in [7, 11) is 0. The van der Waals surface area contributed by atoms with Gasteiger partial charge in [-0.2, -0.15) is 0 Å². The zero-order valence-corrected chi connectivity index (χ0v) is 19.4. The molecule has 0 aliphatic carbocycles. The molecule has 0 amide bonds. The monoisotopic (exact) mass is 450 g/mol. The summed E-state index contributed by atoms with van der Waals surface area (Å²) in [6, 6.07) is 49.0. The first-order valence-electron chi connectivity index (χ1n) is 12.0. The topological polar surface area (TPSA) is 24.4 Å². The number of rotatable bonds is 4. The lowest BCUT2D eigenvalue weighted by Gasteiger charge is -2.40. The molecule has 6 rings (SSSR count). The number of nitrogens with zero attached hydrogens (tertiary/aromatic N) is 1. The molecule has 35 heavy (non-hydrogen) atoms. The first kappa shape index (κ1) is 21.1. The van der Waals surface area contributed by atoms with Crippen molar-refractivity contribution in [2.24, 2.45) is 4.99 Å². The molecule has 5 aromatic carbocycles. The van der Waals surface area contributed by atoms with Crippen LogP contribution in [-0.4, -0.2) is 5.71 Å². The van der Waals surface area contributed by atoms with Gasteiger partial charge in [0, 0.05) is 28.8 Å². The van der Waals surface area contributed by atoms with E-state index < -0.39 is 5.54 Å². The standard InChI is InChI=1S/C33H26N2/c1-4-14-25(15-5-1)24-33(27-18-8-3-9-19-27)29-21-11-13-23-31(29)34-32(26-16-6-2-7-17-26)28-20-10-12-22-30(28)35-33/h1-23,35H,24H2. The van der Waals surface area contributed by atoms with Crippen LogP contribution >= 0.6 is 0 Å². The maximum atomic E-state index is 5.35. The molecule has 2 nitrogen and oxygen atoms in total. The van der Waals surface area contributed by atoms with Crippen molar-refractivity contribution in [3.05, 3.63) is 167 Å². The summed E-state index contributed by atoms with van der Waals surface area (Å²) in [5.74, 6) is 0. The van der Waals surface area contributed by atoms with Crippen LogP contribution in [0.5, 0.6) is 0 Å². The summed E-state index contributed by atoms with van der Waals surface area (Å²) in [4.78, 5) is 5.35.